The number of benzene rings is 2. The molecule has 0 saturated carbocycles. The minimum atomic E-state index is -0.937. The van der Waals surface area contributed by atoms with Gasteiger partial charge in [-0.15, -0.1) is 0 Å². The summed E-state index contributed by atoms with van der Waals surface area (Å²) in [6.45, 7) is -0.160. The lowest BCUT2D eigenvalue weighted by molar-refractivity contribution is -0.137. The molecule has 0 saturated heterocycles. The smallest absolute Gasteiger partial charge is 0.323 e. The van der Waals surface area contributed by atoms with Crippen molar-refractivity contribution in [2.45, 2.75) is 31.8 Å². The van der Waals surface area contributed by atoms with Gasteiger partial charge >= 0.3 is 5.97 Å². The van der Waals surface area contributed by atoms with Gasteiger partial charge in [0, 0.05) is 28.7 Å². The summed E-state index contributed by atoms with van der Waals surface area (Å²) in [6.07, 6.45) is 1.96. The van der Waals surface area contributed by atoms with Gasteiger partial charge in [0.15, 0.2) is 5.58 Å². The van der Waals surface area contributed by atoms with Crippen LogP contribution < -0.4 is 5.32 Å². The predicted octanol–water partition coefficient (Wildman–Crippen LogP) is 4.11. The van der Waals surface area contributed by atoms with E-state index in [9.17, 15) is 18.7 Å². The molecule has 8 heteroatoms. The van der Waals surface area contributed by atoms with Crippen molar-refractivity contribution in [1.29, 1.82) is 0 Å². The molecule has 0 radical (unpaired) electrons. The first-order valence-corrected chi connectivity index (χ1v) is 9.32. The van der Waals surface area contributed by atoms with Crippen molar-refractivity contribution in [2.24, 2.45) is 0 Å². The van der Waals surface area contributed by atoms with Crippen LogP contribution >= 0.6 is 0 Å². The van der Waals surface area contributed by atoms with Crippen molar-refractivity contribution >= 4 is 34.0 Å². The number of halogens is 2. The van der Waals surface area contributed by atoms with E-state index < -0.39 is 5.97 Å². The van der Waals surface area contributed by atoms with E-state index in [1.165, 1.54) is 30.3 Å². The fourth-order valence-corrected chi connectivity index (χ4v) is 4.20. The third-order valence-corrected chi connectivity index (χ3v) is 5.40. The molecule has 5 rings (SSSR count). The maximum atomic E-state index is 13.9. The summed E-state index contributed by atoms with van der Waals surface area (Å²) in [7, 11) is 0. The Kier molecular flexibility index (Phi) is 4.01. The Balaban J connectivity index is 1.48. The number of hydrogen-bond acceptors (Lipinski definition) is 4. The van der Waals surface area contributed by atoms with Gasteiger partial charge in [-0.05, 0) is 55.2 Å². The van der Waals surface area contributed by atoms with Crippen LogP contribution in [-0.4, -0.2) is 26.7 Å². The molecule has 2 heterocycles. The van der Waals surface area contributed by atoms with Gasteiger partial charge in [0.1, 0.15) is 23.7 Å². The number of carboxylic acids is 1. The van der Waals surface area contributed by atoms with Crippen molar-refractivity contribution in [1.82, 2.24) is 9.55 Å². The number of aliphatic carboxylic acids is 1. The van der Waals surface area contributed by atoms with E-state index in [1.54, 1.807) is 10.6 Å². The van der Waals surface area contributed by atoms with E-state index in [2.05, 4.69) is 10.3 Å². The molecule has 1 atom stereocenters. The van der Waals surface area contributed by atoms with Crippen molar-refractivity contribution in [3.05, 3.63) is 59.3 Å². The summed E-state index contributed by atoms with van der Waals surface area (Å²) in [6, 6.07) is 8.87. The zero-order valence-electron chi connectivity index (χ0n) is 15.3. The van der Waals surface area contributed by atoms with E-state index >= 15 is 0 Å². The zero-order chi connectivity index (χ0) is 20.1. The van der Waals surface area contributed by atoms with Crippen molar-refractivity contribution in [3.8, 4) is 0 Å². The number of nitrogens with one attached hydrogen (secondary N) is 1. The molecule has 1 aliphatic carbocycles. The van der Waals surface area contributed by atoms with Crippen LogP contribution in [0.15, 0.2) is 40.8 Å². The molecule has 4 aromatic rings. The molecule has 29 heavy (non-hydrogen) atoms. The second-order valence-electron chi connectivity index (χ2n) is 7.28. The molecule has 2 N–H and O–H groups in total. The molecule has 2 aromatic heterocycles. The first kappa shape index (κ1) is 17.7. The van der Waals surface area contributed by atoms with Gasteiger partial charge in [-0.3, -0.25) is 4.79 Å². The number of fused-ring (bicyclic) bond motifs is 4. The number of oxazole rings is 1. The van der Waals surface area contributed by atoms with Gasteiger partial charge in [-0.1, -0.05) is 0 Å². The maximum Gasteiger partial charge on any atom is 0.323 e. The van der Waals surface area contributed by atoms with Crippen LogP contribution in [0.4, 0.5) is 14.8 Å². The van der Waals surface area contributed by atoms with Crippen LogP contribution in [0.1, 0.15) is 17.7 Å². The SMILES string of the molecule is O=C(O)Cn1c2c(c3cc(F)ccc31)CC(Nc1nc3cc(F)ccc3o1)CC2. The fourth-order valence-electron chi connectivity index (χ4n) is 4.20. The summed E-state index contributed by atoms with van der Waals surface area (Å²) in [5.41, 5.74) is 3.50. The first-order valence-electron chi connectivity index (χ1n) is 9.32. The molecule has 0 spiro atoms. The normalized spacial score (nSPS) is 16.3. The minimum absolute atomic E-state index is 0.0208. The molecule has 6 nitrogen and oxygen atoms in total. The lowest BCUT2D eigenvalue weighted by atomic mass is 9.91. The van der Waals surface area contributed by atoms with Gasteiger partial charge < -0.3 is 19.4 Å². The standard InChI is InChI=1S/C21H17F2N3O3/c22-11-1-4-17-14(7-11)15-9-13(3-5-18(15)26(17)10-20(27)28)24-21-25-16-8-12(23)2-6-19(16)29-21/h1-2,4,6-8,13H,3,5,9-10H2,(H,24,25)(H,27,28). The summed E-state index contributed by atoms with van der Waals surface area (Å²) >= 11 is 0. The van der Waals surface area contributed by atoms with Crippen molar-refractivity contribution in [2.75, 3.05) is 5.32 Å². The third kappa shape index (κ3) is 3.10. The van der Waals surface area contributed by atoms with Crippen molar-refractivity contribution < 1.29 is 23.1 Å². The Labute approximate surface area is 163 Å². The lowest BCUT2D eigenvalue weighted by Gasteiger charge is -2.24. The molecule has 0 fully saturated rings. The van der Waals surface area contributed by atoms with Gasteiger partial charge in [0.05, 0.1) is 0 Å². The number of carboxylic acid groups (broad SMARTS) is 1. The first-order chi connectivity index (χ1) is 14.0. The minimum Gasteiger partial charge on any atom is -0.480 e. The maximum absolute atomic E-state index is 13.9. The highest BCUT2D eigenvalue weighted by Gasteiger charge is 2.27. The fraction of sp³-hybridized carbons (Fsp3) is 0.238. The monoisotopic (exact) mass is 397 g/mol. The number of aromatic nitrogens is 2. The summed E-state index contributed by atoms with van der Waals surface area (Å²) in [4.78, 5) is 15.6. The second kappa shape index (κ2) is 6.58. The highest BCUT2D eigenvalue weighted by molar-refractivity contribution is 5.87. The van der Waals surface area contributed by atoms with Crippen LogP contribution in [0.2, 0.25) is 0 Å². The molecule has 1 aliphatic rings. The highest BCUT2D eigenvalue weighted by atomic mass is 19.1. The topological polar surface area (TPSA) is 80.3 Å². The Hall–Kier alpha value is -3.42. The summed E-state index contributed by atoms with van der Waals surface area (Å²) < 4.78 is 34.6. The van der Waals surface area contributed by atoms with E-state index in [0.717, 1.165) is 28.6 Å². The molecule has 148 valence electrons. The third-order valence-electron chi connectivity index (χ3n) is 5.40. The Morgan fingerprint density at radius 1 is 1.24 bits per heavy atom. The number of hydrogen-bond donors (Lipinski definition) is 2. The molecule has 1 unspecified atom stereocenters. The van der Waals surface area contributed by atoms with E-state index in [0.29, 0.717) is 30.0 Å². The second-order valence-corrected chi connectivity index (χ2v) is 7.28. The van der Waals surface area contributed by atoms with Gasteiger partial charge in [0.25, 0.3) is 6.01 Å². The van der Waals surface area contributed by atoms with Crippen LogP contribution in [-0.2, 0) is 24.2 Å². The lowest BCUT2D eigenvalue weighted by Crippen LogP contribution is -2.28. The molecule has 0 aliphatic heterocycles. The zero-order valence-corrected chi connectivity index (χ0v) is 15.3. The highest BCUT2D eigenvalue weighted by Crippen LogP contribution is 2.34. The van der Waals surface area contributed by atoms with Crippen LogP contribution in [0.3, 0.4) is 0 Å². The Bertz CT molecular complexity index is 1260. The molecule has 0 amide bonds. The number of nitrogens with zero attached hydrogens (tertiary/aromatic N) is 2. The van der Waals surface area contributed by atoms with E-state index in [1.807, 2.05) is 0 Å². The molecule has 2 aromatic carbocycles. The van der Waals surface area contributed by atoms with E-state index in [-0.39, 0.29) is 24.2 Å². The van der Waals surface area contributed by atoms with Crippen LogP contribution in [0.5, 0.6) is 0 Å². The van der Waals surface area contributed by atoms with E-state index in [4.69, 9.17) is 4.42 Å². The molecule has 0 bridgehead atoms. The largest absolute Gasteiger partial charge is 0.480 e. The quantitative estimate of drug-likeness (QED) is 0.542. The van der Waals surface area contributed by atoms with Gasteiger partial charge in [0.2, 0.25) is 0 Å². The summed E-state index contributed by atoms with van der Waals surface area (Å²) in [5, 5.41) is 13.3. The number of carbonyl (C=O) groups is 1. The van der Waals surface area contributed by atoms with Gasteiger partial charge in [-0.2, -0.15) is 4.98 Å². The van der Waals surface area contributed by atoms with Crippen molar-refractivity contribution in [3.63, 3.8) is 0 Å². The Morgan fingerprint density at radius 2 is 2.03 bits per heavy atom. The van der Waals surface area contributed by atoms with Gasteiger partial charge in [-0.25, -0.2) is 8.78 Å². The molecular formula is C21H17F2N3O3. The average Bonchev–Trinajstić information content (AvgIpc) is 3.19. The summed E-state index contributed by atoms with van der Waals surface area (Å²) in [5.74, 6) is -1.68. The molecular weight excluding hydrogens is 380 g/mol. The predicted molar refractivity (Wildman–Crippen MR) is 103 cm³/mol. The van der Waals surface area contributed by atoms with Crippen LogP contribution in [0.25, 0.3) is 22.0 Å². The number of anilines is 1. The number of rotatable bonds is 4. The van der Waals surface area contributed by atoms with Crippen LogP contribution in [0, 0.1) is 11.6 Å². The average molecular weight is 397 g/mol. The Morgan fingerprint density at radius 3 is 2.86 bits per heavy atom.